The van der Waals surface area contributed by atoms with Gasteiger partial charge in [-0.25, -0.2) is 27.9 Å². The number of hydrogen-bond donors (Lipinski definition) is 4. The highest BCUT2D eigenvalue weighted by molar-refractivity contribution is 7.88. The number of benzene rings is 3. The molecule has 2 aliphatic heterocycles. The monoisotopic (exact) mass is 681 g/mol. The normalized spacial score (nSPS) is 19.9. The first-order valence-electron chi connectivity index (χ1n) is 16.8. The van der Waals surface area contributed by atoms with E-state index in [1.54, 1.807) is 11.1 Å². The largest absolute Gasteiger partial charge is 0.444 e. The molecule has 49 heavy (non-hydrogen) atoms. The van der Waals surface area contributed by atoms with E-state index >= 15 is 0 Å². The third kappa shape index (κ3) is 7.56. The molecule has 0 aliphatic carbocycles. The summed E-state index contributed by atoms with van der Waals surface area (Å²) in [6.45, 7) is 7.12. The number of sulfonamides is 1. The molecule has 2 aliphatic rings. The third-order valence-electron chi connectivity index (χ3n) is 9.23. The quantitative estimate of drug-likeness (QED) is 0.145. The van der Waals surface area contributed by atoms with Crippen molar-refractivity contribution >= 4 is 26.9 Å². The molecule has 0 radical (unpaired) electrons. The molecule has 0 bridgehead atoms. The lowest BCUT2D eigenvalue weighted by Crippen LogP contribution is -2.38. The molecule has 0 unspecified atom stereocenters. The predicted molar refractivity (Wildman–Crippen MR) is 191 cm³/mol. The van der Waals surface area contributed by atoms with E-state index in [1.807, 2.05) is 27.0 Å². The Morgan fingerprint density at radius 2 is 1.51 bits per heavy atom. The molecule has 0 spiro atoms. The molecule has 2 fully saturated rings. The fraction of sp³-hybridized carbons (Fsp3) is 0.378. The maximum absolute atomic E-state index is 13.2. The van der Waals surface area contributed by atoms with E-state index in [0.29, 0.717) is 24.8 Å². The van der Waals surface area contributed by atoms with Gasteiger partial charge in [0.25, 0.3) is 0 Å². The second-order valence-corrected chi connectivity index (χ2v) is 16.1. The Morgan fingerprint density at radius 3 is 2.18 bits per heavy atom. The Kier molecular flexibility index (Phi) is 8.80. The van der Waals surface area contributed by atoms with Gasteiger partial charge in [-0.1, -0.05) is 48.5 Å². The van der Waals surface area contributed by atoms with E-state index in [2.05, 4.69) is 90.6 Å². The molecule has 5 aromatic rings. The molecule has 2 saturated heterocycles. The van der Waals surface area contributed by atoms with Gasteiger partial charge in [0.05, 0.1) is 42.1 Å². The van der Waals surface area contributed by atoms with E-state index in [9.17, 15) is 13.2 Å². The number of carbonyl (C=O) groups is 1. The van der Waals surface area contributed by atoms with Crippen molar-refractivity contribution in [2.75, 3.05) is 25.9 Å². The van der Waals surface area contributed by atoms with Gasteiger partial charge in [0.1, 0.15) is 17.2 Å². The minimum Gasteiger partial charge on any atom is -0.444 e. The summed E-state index contributed by atoms with van der Waals surface area (Å²) in [4.78, 5) is 31.0. The van der Waals surface area contributed by atoms with E-state index in [4.69, 9.17) is 4.74 Å². The Hall–Kier alpha value is -4.52. The number of amides is 1. The molecular formula is C37H43N7O4S. The average Bonchev–Trinajstić information content (AvgIpc) is 3.88. The number of nitrogens with zero attached hydrogens (tertiary/aromatic N) is 3. The van der Waals surface area contributed by atoms with Crippen LogP contribution in [-0.2, 0) is 14.8 Å². The highest BCUT2D eigenvalue weighted by atomic mass is 32.2. The summed E-state index contributed by atoms with van der Waals surface area (Å²) < 4.78 is 31.7. The fourth-order valence-corrected chi connectivity index (χ4v) is 7.33. The van der Waals surface area contributed by atoms with Crippen molar-refractivity contribution in [1.82, 2.24) is 34.9 Å². The van der Waals surface area contributed by atoms with Gasteiger partial charge in [-0.3, -0.25) is 4.90 Å². The van der Waals surface area contributed by atoms with Gasteiger partial charge in [-0.2, -0.15) is 0 Å². The van der Waals surface area contributed by atoms with Gasteiger partial charge >= 0.3 is 6.09 Å². The molecule has 3 aromatic carbocycles. The Bertz CT molecular complexity index is 2080. The number of rotatable bonds is 8. The van der Waals surface area contributed by atoms with Crippen LogP contribution in [0.3, 0.4) is 0 Å². The summed E-state index contributed by atoms with van der Waals surface area (Å²) in [7, 11) is -3.35. The van der Waals surface area contributed by atoms with Crippen LogP contribution in [0, 0.1) is 5.92 Å². The fourth-order valence-electron chi connectivity index (χ4n) is 6.79. The summed E-state index contributed by atoms with van der Waals surface area (Å²) >= 11 is 0. The van der Waals surface area contributed by atoms with Crippen molar-refractivity contribution < 1.29 is 17.9 Å². The molecule has 0 saturated carbocycles. The summed E-state index contributed by atoms with van der Waals surface area (Å²) in [5, 5.41) is 5.83. The number of carbonyl (C=O) groups excluding carboxylic acids is 1. The number of aromatic amines is 2. The molecule has 12 heteroatoms. The van der Waals surface area contributed by atoms with Crippen molar-refractivity contribution in [3.8, 4) is 33.6 Å². The van der Waals surface area contributed by atoms with Gasteiger partial charge in [0, 0.05) is 18.7 Å². The minimum atomic E-state index is -3.35. The number of H-pyrrole nitrogens is 2. The number of likely N-dealkylation sites (tertiary alicyclic amines) is 1. The van der Waals surface area contributed by atoms with Gasteiger partial charge in [-0.05, 0) is 92.1 Å². The number of imidazole rings is 2. The van der Waals surface area contributed by atoms with Crippen LogP contribution in [0.1, 0.15) is 63.8 Å². The van der Waals surface area contributed by atoms with Crippen LogP contribution >= 0.6 is 0 Å². The van der Waals surface area contributed by atoms with Gasteiger partial charge in [0.15, 0.2) is 0 Å². The van der Waals surface area contributed by atoms with Crippen LogP contribution in [0.5, 0.6) is 0 Å². The molecule has 3 atom stereocenters. The van der Waals surface area contributed by atoms with Gasteiger partial charge in [0.2, 0.25) is 10.0 Å². The number of nitrogens with one attached hydrogen (secondary N) is 4. The molecule has 7 rings (SSSR count). The maximum atomic E-state index is 13.2. The zero-order chi connectivity index (χ0) is 34.3. The summed E-state index contributed by atoms with van der Waals surface area (Å²) in [6.07, 6.45) is 7.24. The maximum Gasteiger partial charge on any atom is 0.410 e. The van der Waals surface area contributed by atoms with Gasteiger partial charge in [-0.15, -0.1) is 0 Å². The van der Waals surface area contributed by atoms with Crippen molar-refractivity contribution in [3.63, 3.8) is 0 Å². The Labute approximate surface area is 286 Å². The highest BCUT2D eigenvalue weighted by Crippen LogP contribution is 2.36. The molecule has 2 aromatic heterocycles. The first kappa shape index (κ1) is 33.0. The number of fused-ring (bicyclic) bond motifs is 1. The highest BCUT2D eigenvalue weighted by Gasteiger charge is 2.40. The number of ether oxygens (including phenoxy) is 1. The predicted octanol–water partition coefficient (Wildman–Crippen LogP) is 6.56. The second-order valence-electron chi connectivity index (χ2n) is 14.2. The van der Waals surface area contributed by atoms with Crippen LogP contribution in [0.15, 0.2) is 73.1 Å². The zero-order valence-electron chi connectivity index (χ0n) is 28.3. The van der Waals surface area contributed by atoms with E-state index in [0.717, 1.165) is 64.1 Å². The van der Waals surface area contributed by atoms with Crippen LogP contribution in [0.25, 0.3) is 44.4 Å². The summed E-state index contributed by atoms with van der Waals surface area (Å²) in [5.41, 5.74) is 5.52. The van der Waals surface area contributed by atoms with Crippen molar-refractivity contribution in [2.45, 2.75) is 57.7 Å². The molecule has 4 heterocycles. The minimum absolute atomic E-state index is 0.0777. The molecule has 256 valence electrons. The van der Waals surface area contributed by atoms with Crippen LogP contribution in [-0.4, -0.2) is 70.8 Å². The number of aromatic nitrogens is 4. The van der Waals surface area contributed by atoms with Crippen molar-refractivity contribution in [1.29, 1.82) is 0 Å². The van der Waals surface area contributed by atoms with Crippen molar-refractivity contribution in [2.24, 2.45) is 5.92 Å². The number of hydrogen-bond acceptors (Lipinski definition) is 7. The first-order chi connectivity index (χ1) is 23.4. The molecular weight excluding hydrogens is 639 g/mol. The molecule has 4 N–H and O–H groups in total. The zero-order valence-corrected chi connectivity index (χ0v) is 29.1. The summed E-state index contributed by atoms with van der Waals surface area (Å²) in [6, 6.07) is 21.3. The standard InChI is InChI=1S/C37H43N7O4S/c1-37(2,3)48-36(45)44-22-23(19-41-49(4,46)47)16-33(44)35-40-20-31(43-35)25-9-7-24(8-10-25)26-11-12-28-18-29(14-13-27(28)17-26)32-21-39-34(42-32)30-6-5-15-38-30/h7-14,17-18,20-21,23,30,33,38,41H,5-6,15-16,19,22H2,1-4H3,(H,39,42)(H,40,43)/t23-,30+,33+/m1/s1. The van der Waals surface area contributed by atoms with E-state index in [-0.39, 0.29) is 18.5 Å². The lowest BCUT2D eigenvalue weighted by atomic mass is 9.98. The summed E-state index contributed by atoms with van der Waals surface area (Å²) in [5.74, 6) is 1.57. The van der Waals surface area contributed by atoms with Crippen LogP contribution in [0.4, 0.5) is 4.79 Å². The first-order valence-corrected chi connectivity index (χ1v) is 18.7. The lowest BCUT2D eigenvalue weighted by molar-refractivity contribution is 0.0214. The Morgan fingerprint density at radius 1 is 0.898 bits per heavy atom. The molecule has 1 amide bonds. The van der Waals surface area contributed by atoms with Crippen LogP contribution in [0.2, 0.25) is 0 Å². The Balaban J connectivity index is 1.06. The van der Waals surface area contributed by atoms with Crippen LogP contribution < -0.4 is 10.0 Å². The third-order valence-corrected chi connectivity index (χ3v) is 9.92. The topological polar surface area (TPSA) is 145 Å². The molecule has 11 nitrogen and oxygen atoms in total. The van der Waals surface area contributed by atoms with E-state index < -0.39 is 21.7 Å². The smallest absolute Gasteiger partial charge is 0.410 e. The average molecular weight is 682 g/mol. The second kappa shape index (κ2) is 13.1. The van der Waals surface area contributed by atoms with Crippen molar-refractivity contribution in [3.05, 3.63) is 84.7 Å². The van der Waals surface area contributed by atoms with E-state index in [1.165, 1.54) is 11.8 Å². The van der Waals surface area contributed by atoms with Gasteiger partial charge < -0.3 is 20.0 Å². The SMILES string of the molecule is CC(C)(C)OC(=O)N1C[C@@H](CNS(C)(=O)=O)C[C@H]1c1ncc(-c2ccc(-c3ccc4cc(-c5cnc([C@@H]6CCCN6)[nH]5)ccc4c3)cc2)[nH]1. The lowest BCUT2D eigenvalue weighted by Gasteiger charge is -2.27.